The number of fused-ring (bicyclic) bond motifs is 1. The van der Waals surface area contributed by atoms with Crippen molar-refractivity contribution in [3.05, 3.63) is 42.4 Å². The summed E-state index contributed by atoms with van der Waals surface area (Å²) in [4.78, 5) is 33.7. The monoisotopic (exact) mass is 489 g/mol. The first-order valence-corrected chi connectivity index (χ1v) is 12.5. The van der Waals surface area contributed by atoms with Gasteiger partial charge in [-0.1, -0.05) is 11.3 Å². The van der Waals surface area contributed by atoms with Crippen LogP contribution in [0.2, 0.25) is 0 Å². The van der Waals surface area contributed by atoms with Crippen molar-refractivity contribution in [1.29, 1.82) is 5.26 Å². The van der Waals surface area contributed by atoms with Gasteiger partial charge in [0.2, 0.25) is 17.5 Å². The number of nitriles is 1. The average Bonchev–Trinajstić information content (AvgIpc) is 3.67. The predicted octanol–water partition coefficient (Wildman–Crippen LogP) is 3.38. The molecule has 11 heteroatoms. The summed E-state index contributed by atoms with van der Waals surface area (Å²) in [5, 5.41) is 10.5. The Morgan fingerprint density at radius 3 is 2.60 bits per heavy atom. The van der Waals surface area contributed by atoms with Crippen molar-refractivity contribution >= 4 is 38.6 Å². The molecule has 0 saturated carbocycles. The fourth-order valence-corrected chi connectivity index (χ4v) is 5.66. The highest BCUT2D eigenvalue weighted by molar-refractivity contribution is 7.21. The van der Waals surface area contributed by atoms with Crippen LogP contribution in [0.3, 0.4) is 0 Å². The van der Waals surface area contributed by atoms with Gasteiger partial charge in [0.05, 0.1) is 6.26 Å². The quantitative estimate of drug-likeness (QED) is 0.425. The molecule has 6 heterocycles. The fraction of sp³-hybridized carbons (Fsp3) is 0.375. The number of amides is 1. The Morgan fingerprint density at radius 2 is 1.89 bits per heavy atom. The zero-order valence-corrected chi connectivity index (χ0v) is 19.8. The molecule has 0 bridgehead atoms. The summed E-state index contributed by atoms with van der Waals surface area (Å²) in [6, 6.07) is 9.48. The van der Waals surface area contributed by atoms with Crippen molar-refractivity contribution in [3.8, 4) is 17.7 Å². The maximum atomic E-state index is 13.2. The molecular weight excluding hydrogens is 466 g/mol. The molecule has 0 aromatic carbocycles. The lowest BCUT2D eigenvalue weighted by molar-refractivity contribution is -0.136. The number of piperidine rings is 1. The minimum Gasteiger partial charge on any atom is -0.459 e. The molecule has 0 radical (unpaired) electrons. The Hall–Kier alpha value is -3.91. The zero-order chi connectivity index (χ0) is 23.8. The Bertz CT molecular complexity index is 1340. The second-order valence-electron chi connectivity index (χ2n) is 8.66. The molecule has 2 fully saturated rings. The van der Waals surface area contributed by atoms with Crippen LogP contribution in [-0.2, 0) is 4.79 Å². The third kappa shape index (κ3) is 4.10. The predicted molar refractivity (Wildman–Crippen MR) is 130 cm³/mol. The summed E-state index contributed by atoms with van der Waals surface area (Å²) in [6.07, 6.45) is 4.75. The number of carbonyl (C=O) groups is 1. The number of aromatic nitrogens is 3. The first-order valence-electron chi connectivity index (χ1n) is 11.6. The molecule has 2 saturated heterocycles. The molecule has 0 N–H and O–H groups in total. The van der Waals surface area contributed by atoms with Gasteiger partial charge in [-0.15, -0.1) is 0 Å². The van der Waals surface area contributed by atoms with Gasteiger partial charge in [0, 0.05) is 51.4 Å². The summed E-state index contributed by atoms with van der Waals surface area (Å²) >= 11 is 1.60. The summed E-state index contributed by atoms with van der Waals surface area (Å²) < 4.78 is 11.2. The van der Waals surface area contributed by atoms with E-state index in [1.54, 1.807) is 35.9 Å². The molecular formula is C24H23N7O3S. The fourth-order valence-electron chi connectivity index (χ4n) is 4.70. The van der Waals surface area contributed by atoms with E-state index >= 15 is 0 Å². The number of nitrogens with zero attached hydrogens (tertiary/aromatic N) is 7. The highest BCUT2D eigenvalue weighted by Crippen LogP contribution is 2.32. The molecule has 0 aliphatic carbocycles. The average molecular weight is 490 g/mol. The van der Waals surface area contributed by atoms with Crippen molar-refractivity contribution in [3.63, 3.8) is 0 Å². The SMILES string of the molecule is N#Cc1nc(-c2ccco2)oc1N1CCC(C(=O)N2CCN(c3nc4cccnc4s3)CC2)CC1. The summed E-state index contributed by atoms with van der Waals surface area (Å²) in [7, 11) is 0. The number of pyridine rings is 1. The molecule has 178 valence electrons. The molecule has 1 amide bonds. The lowest BCUT2D eigenvalue weighted by atomic mass is 9.95. The molecule has 0 atom stereocenters. The maximum Gasteiger partial charge on any atom is 0.266 e. The molecule has 2 aliphatic heterocycles. The smallest absolute Gasteiger partial charge is 0.266 e. The van der Waals surface area contributed by atoms with Gasteiger partial charge in [0.1, 0.15) is 16.4 Å². The molecule has 2 aliphatic rings. The summed E-state index contributed by atoms with van der Waals surface area (Å²) in [6.45, 7) is 4.19. The standard InChI is InChI=1S/C24H23N7O3S/c25-15-18-23(34-20(27-18)19-4-2-14-33-19)30-8-5-16(6-9-30)22(32)29-10-12-31(13-11-29)24-28-17-3-1-7-26-21(17)35-24/h1-4,7,14,16H,5-6,8-13H2. The van der Waals surface area contributed by atoms with Crippen LogP contribution in [0.5, 0.6) is 0 Å². The number of anilines is 2. The van der Waals surface area contributed by atoms with Gasteiger partial charge < -0.3 is 23.5 Å². The Balaban J connectivity index is 1.05. The normalized spacial score (nSPS) is 17.2. The van der Waals surface area contributed by atoms with Crippen molar-refractivity contribution in [2.75, 3.05) is 49.1 Å². The second-order valence-corrected chi connectivity index (χ2v) is 9.62. The third-order valence-corrected chi connectivity index (χ3v) is 7.64. The number of piperazine rings is 1. The van der Waals surface area contributed by atoms with Gasteiger partial charge in [0.15, 0.2) is 10.9 Å². The number of oxazole rings is 1. The van der Waals surface area contributed by atoms with Crippen LogP contribution in [0, 0.1) is 17.2 Å². The maximum absolute atomic E-state index is 13.2. The van der Waals surface area contributed by atoms with Gasteiger partial charge >= 0.3 is 0 Å². The van der Waals surface area contributed by atoms with Crippen LogP contribution in [0.25, 0.3) is 22.0 Å². The molecule has 0 unspecified atom stereocenters. The first-order chi connectivity index (χ1) is 17.2. The highest BCUT2D eigenvalue weighted by Gasteiger charge is 2.33. The topological polar surface area (TPSA) is 116 Å². The van der Waals surface area contributed by atoms with E-state index in [0.717, 1.165) is 28.6 Å². The van der Waals surface area contributed by atoms with Crippen LogP contribution < -0.4 is 9.80 Å². The number of furan rings is 1. The second kappa shape index (κ2) is 9.03. The molecule has 6 rings (SSSR count). The van der Waals surface area contributed by atoms with E-state index in [1.165, 1.54) is 0 Å². The molecule has 4 aromatic heterocycles. The van der Waals surface area contributed by atoms with Crippen LogP contribution >= 0.6 is 11.3 Å². The van der Waals surface area contributed by atoms with Crippen LogP contribution in [0.15, 0.2) is 45.6 Å². The van der Waals surface area contributed by atoms with Gasteiger partial charge in [-0.2, -0.15) is 10.2 Å². The van der Waals surface area contributed by atoms with Crippen LogP contribution in [0.4, 0.5) is 11.0 Å². The minimum absolute atomic E-state index is 0.0255. The van der Waals surface area contributed by atoms with Gasteiger partial charge in [-0.25, -0.2) is 9.97 Å². The largest absolute Gasteiger partial charge is 0.459 e. The highest BCUT2D eigenvalue weighted by atomic mass is 32.1. The van der Waals surface area contributed by atoms with Crippen molar-refractivity contribution < 1.29 is 13.6 Å². The van der Waals surface area contributed by atoms with Gasteiger partial charge in [-0.05, 0) is 37.1 Å². The Morgan fingerprint density at radius 1 is 1.06 bits per heavy atom. The van der Waals surface area contributed by atoms with Crippen molar-refractivity contribution in [1.82, 2.24) is 19.9 Å². The number of thiazole rings is 1. The zero-order valence-electron chi connectivity index (χ0n) is 19.0. The molecule has 0 spiro atoms. The van der Waals surface area contributed by atoms with E-state index in [2.05, 4.69) is 20.9 Å². The Kier molecular flexibility index (Phi) is 5.58. The number of carbonyl (C=O) groups excluding carboxylic acids is 1. The summed E-state index contributed by atoms with van der Waals surface area (Å²) in [5.41, 5.74) is 1.16. The lowest BCUT2D eigenvalue weighted by Gasteiger charge is -2.38. The van der Waals surface area contributed by atoms with E-state index < -0.39 is 0 Å². The third-order valence-electron chi connectivity index (χ3n) is 6.60. The van der Waals surface area contributed by atoms with E-state index in [0.29, 0.717) is 56.6 Å². The van der Waals surface area contributed by atoms with Crippen LogP contribution in [0.1, 0.15) is 18.5 Å². The van der Waals surface area contributed by atoms with Crippen LogP contribution in [-0.4, -0.2) is 65.0 Å². The van der Waals surface area contributed by atoms with E-state index in [-0.39, 0.29) is 17.5 Å². The van der Waals surface area contributed by atoms with Gasteiger partial charge in [0.25, 0.3) is 5.89 Å². The van der Waals surface area contributed by atoms with Crippen molar-refractivity contribution in [2.45, 2.75) is 12.8 Å². The van der Waals surface area contributed by atoms with E-state index in [4.69, 9.17) is 13.8 Å². The number of rotatable bonds is 4. The molecule has 4 aromatic rings. The molecule has 35 heavy (non-hydrogen) atoms. The Labute approximate surface area is 205 Å². The lowest BCUT2D eigenvalue weighted by Crippen LogP contribution is -2.51. The first kappa shape index (κ1) is 21.6. The number of hydrogen-bond acceptors (Lipinski definition) is 10. The minimum atomic E-state index is -0.0255. The number of hydrogen-bond donors (Lipinski definition) is 0. The van der Waals surface area contributed by atoms with E-state index in [1.807, 2.05) is 21.9 Å². The summed E-state index contributed by atoms with van der Waals surface area (Å²) in [5.74, 6) is 1.41. The van der Waals surface area contributed by atoms with Crippen molar-refractivity contribution in [2.24, 2.45) is 5.92 Å². The van der Waals surface area contributed by atoms with Gasteiger partial charge in [-0.3, -0.25) is 4.79 Å². The van der Waals surface area contributed by atoms with E-state index in [9.17, 15) is 10.1 Å². The molecule has 10 nitrogen and oxygen atoms in total.